The van der Waals surface area contributed by atoms with Crippen molar-refractivity contribution in [3.63, 3.8) is 0 Å². The molecule has 0 amide bonds. The molecule has 1 fully saturated rings. The van der Waals surface area contributed by atoms with Gasteiger partial charge < -0.3 is 5.11 Å². The quantitative estimate of drug-likeness (QED) is 0.523. The summed E-state index contributed by atoms with van der Waals surface area (Å²) in [5.74, 6) is 2.71. The third-order valence-corrected chi connectivity index (χ3v) is 6.45. The Bertz CT molecular complexity index is 310. The average Bonchev–Trinajstić information content (AvgIpc) is 2.67. The van der Waals surface area contributed by atoms with E-state index >= 15 is 0 Å². The lowest BCUT2D eigenvalue weighted by Crippen LogP contribution is -2.27. The number of rotatable bonds is 9. The topological polar surface area (TPSA) is 37.3 Å². The van der Waals surface area contributed by atoms with Crippen LogP contribution in [0.1, 0.15) is 46.0 Å². The van der Waals surface area contributed by atoms with Crippen molar-refractivity contribution in [3.8, 4) is 0 Å². The van der Waals surface area contributed by atoms with E-state index in [-0.39, 0.29) is 17.0 Å². The van der Waals surface area contributed by atoms with E-state index in [2.05, 4.69) is 6.26 Å². The molecule has 2 nitrogen and oxygen atoms in total. The normalized spacial score (nSPS) is 29.6. The van der Waals surface area contributed by atoms with Crippen molar-refractivity contribution in [1.29, 1.82) is 0 Å². The highest BCUT2D eigenvalue weighted by atomic mass is 32.2. The minimum atomic E-state index is -0.626. The Hall–Kier alpha value is 0.395. The summed E-state index contributed by atoms with van der Waals surface area (Å²) in [5.41, 5.74) is -0.626. The van der Waals surface area contributed by atoms with Gasteiger partial charge in [0.05, 0.1) is 18.7 Å². The van der Waals surface area contributed by atoms with Gasteiger partial charge >= 0.3 is 0 Å². The van der Waals surface area contributed by atoms with Gasteiger partial charge in [-0.2, -0.15) is 23.5 Å². The van der Waals surface area contributed by atoms with Gasteiger partial charge in [0.2, 0.25) is 0 Å². The van der Waals surface area contributed by atoms with E-state index in [1.807, 2.05) is 25.6 Å². The lowest BCUT2D eigenvalue weighted by molar-refractivity contribution is -0.117. The summed E-state index contributed by atoms with van der Waals surface area (Å²) in [6.07, 6.45) is 6.10. The Morgan fingerprint density at radius 2 is 2.15 bits per heavy atom. The molecule has 0 saturated heterocycles. The van der Waals surface area contributed by atoms with E-state index in [4.69, 9.17) is 7.85 Å². The minimum Gasteiger partial charge on any atom is -0.390 e. The van der Waals surface area contributed by atoms with Crippen LogP contribution in [0.5, 0.6) is 0 Å². The van der Waals surface area contributed by atoms with Gasteiger partial charge in [-0.05, 0) is 56.3 Å². The third kappa shape index (κ3) is 5.65. The second-order valence-electron chi connectivity index (χ2n) is 6.03. The van der Waals surface area contributed by atoms with Gasteiger partial charge in [-0.1, -0.05) is 12.7 Å². The zero-order valence-corrected chi connectivity index (χ0v) is 14.6. The largest absolute Gasteiger partial charge is 0.390 e. The molecule has 1 saturated carbocycles. The molecular weight excluding hydrogens is 287 g/mol. The SMILES string of the molecule is [B]C1CC(=O)[C@H](SCCCSC)[C@H]1CCC(C)(O)CC. The molecule has 0 aliphatic heterocycles. The predicted molar refractivity (Wildman–Crippen MR) is 92.0 cm³/mol. The molecule has 1 N–H and O–H groups in total. The number of carbonyl (C=O) groups is 1. The van der Waals surface area contributed by atoms with Crippen LogP contribution in [0.3, 0.4) is 0 Å². The van der Waals surface area contributed by atoms with Gasteiger partial charge in [-0.3, -0.25) is 4.79 Å². The number of carbonyl (C=O) groups excluding carboxylic acids is 1. The van der Waals surface area contributed by atoms with Crippen LogP contribution in [0.15, 0.2) is 0 Å². The Morgan fingerprint density at radius 1 is 1.45 bits per heavy atom. The van der Waals surface area contributed by atoms with Crippen LogP contribution in [0.4, 0.5) is 0 Å². The van der Waals surface area contributed by atoms with Crippen LogP contribution < -0.4 is 0 Å². The number of hydrogen-bond donors (Lipinski definition) is 1. The van der Waals surface area contributed by atoms with E-state index in [1.165, 1.54) is 0 Å². The molecule has 0 aromatic heterocycles. The van der Waals surface area contributed by atoms with Crippen molar-refractivity contribution in [2.75, 3.05) is 17.8 Å². The van der Waals surface area contributed by atoms with Crippen molar-refractivity contribution in [2.24, 2.45) is 5.92 Å². The van der Waals surface area contributed by atoms with Gasteiger partial charge in [-0.15, -0.1) is 0 Å². The van der Waals surface area contributed by atoms with Crippen molar-refractivity contribution in [1.82, 2.24) is 0 Å². The summed E-state index contributed by atoms with van der Waals surface area (Å²) in [7, 11) is 6.14. The van der Waals surface area contributed by atoms with Crippen molar-refractivity contribution in [2.45, 2.75) is 62.6 Å². The molecular formula is C15H27BO2S2. The second-order valence-corrected chi connectivity index (χ2v) is 8.26. The lowest BCUT2D eigenvalue weighted by Gasteiger charge is -2.27. The Balaban J connectivity index is 2.49. The van der Waals surface area contributed by atoms with Crippen LogP contribution in [-0.4, -0.2) is 47.3 Å². The van der Waals surface area contributed by atoms with Gasteiger partial charge in [0, 0.05) is 6.42 Å². The first-order valence-electron chi connectivity index (χ1n) is 7.52. The fourth-order valence-electron chi connectivity index (χ4n) is 2.61. The van der Waals surface area contributed by atoms with Crippen LogP contribution in [0, 0.1) is 5.92 Å². The molecule has 5 heteroatoms. The molecule has 0 spiro atoms. The van der Waals surface area contributed by atoms with E-state index in [0.717, 1.165) is 37.2 Å². The fraction of sp³-hybridized carbons (Fsp3) is 0.933. The number of thioether (sulfide) groups is 2. The highest BCUT2D eigenvalue weighted by Gasteiger charge is 2.40. The Labute approximate surface area is 133 Å². The van der Waals surface area contributed by atoms with E-state index < -0.39 is 5.60 Å². The molecule has 2 unspecified atom stereocenters. The van der Waals surface area contributed by atoms with Gasteiger partial charge in [0.15, 0.2) is 0 Å². The summed E-state index contributed by atoms with van der Waals surface area (Å²) in [5, 5.41) is 10.2. The summed E-state index contributed by atoms with van der Waals surface area (Å²) in [6, 6.07) is 0. The van der Waals surface area contributed by atoms with Crippen LogP contribution >= 0.6 is 23.5 Å². The smallest absolute Gasteiger partial charge is 0.145 e. The summed E-state index contributed by atoms with van der Waals surface area (Å²) >= 11 is 3.62. The first-order valence-corrected chi connectivity index (χ1v) is 9.96. The highest BCUT2D eigenvalue weighted by molar-refractivity contribution is 8.00. The third-order valence-electron chi connectivity index (χ3n) is 4.26. The zero-order valence-electron chi connectivity index (χ0n) is 12.9. The molecule has 0 heterocycles. The maximum absolute atomic E-state index is 12.1. The average molecular weight is 314 g/mol. The summed E-state index contributed by atoms with van der Waals surface area (Å²) in [4.78, 5) is 12.1. The van der Waals surface area contributed by atoms with Crippen molar-refractivity contribution >= 4 is 37.2 Å². The molecule has 0 aromatic carbocycles. The highest BCUT2D eigenvalue weighted by Crippen LogP contribution is 2.43. The first kappa shape index (κ1) is 18.4. The van der Waals surface area contributed by atoms with Crippen molar-refractivity contribution < 1.29 is 9.90 Å². The molecule has 1 aliphatic carbocycles. The summed E-state index contributed by atoms with van der Waals surface area (Å²) < 4.78 is 0. The van der Waals surface area contributed by atoms with Crippen molar-refractivity contribution in [3.05, 3.63) is 0 Å². The molecule has 114 valence electrons. The van der Waals surface area contributed by atoms with Gasteiger partial charge in [-0.25, -0.2) is 0 Å². The number of ketones is 1. The number of Topliss-reactive ketones (excluding diaryl/α,β-unsaturated/α-hetero) is 1. The molecule has 20 heavy (non-hydrogen) atoms. The fourth-order valence-corrected chi connectivity index (χ4v) is 4.66. The van der Waals surface area contributed by atoms with E-state index in [9.17, 15) is 9.90 Å². The zero-order chi connectivity index (χ0) is 15.2. The second kappa shape index (κ2) is 8.74. The van der Waals surface area contributed by atoms with E-state index in [1.54, 1.807) is 11.8 Å². The van der Waals surface area contributed by atoms with Gasteiger partial charge in [0.1, 0.15) is 5.78 Å². The lowest BCUT2D eigenvalue weighted by atomic mass is 9.75. The molecule has 0 aromatic rings. The first-order chi connectivity index (χ1) is 9.41. The minimum absolute atomic E-state index is 0.0202. The maximum atomic E-state index is 12.1. The molecule has 0 bridgehead atoms. The molecule has 4 atom stereocenters. The van der Waals surface area contributed by atoms with E-state index in [0.29, 0.717) is 12.2 Å². The number of aliphatic hydroxyl groups is 1. The monoisotopic (exact) mass is 314 g/mol. The van der Waals surface area contributed by atoms with Crippen LogP contribution in [-0.2, 0) is 4.79 Å². The predicted octanol–water partition coefficient (Wildman–Crippen LogP) is 3.33. The van der Waals surface area contributed by atoms with Gasteiger partial charge in [0.25, 0.3) is 0 Å². The Kier molecular flexibility index (Phi) is 8.06. The molecule has 1 aliphatic rings. The van der Waals surface area contributed by atoms with Crippen LogP contribution in [0.2, 0.25) is 5.82 Å². The summed E-state index contributed by atoms with van der Waals surface area (Å²) in [6.45, 7) is 3.87. The molecule has 2 radical (unpaired) electrons. The maximum Gasteiger partial charge on any atom is 0.145 e. The number of hydrogen-bond acceptors (Lipinski definition) is 4. The van der Waals surface area contributed by atoms with Crippen LogP contribution in [0.25, 0.3) is 0 Å². The molecule has 1 rings (SSSR count). The Morgan fingerprint density at radius 3 is 2.75 bits per heavy atom. The standard InChI is InChI=1S/C15H27BO2S2/c1-4-15(2,18)7-6-11-12(16)10-13(17)14(11)20-9-5-8-19-3/h11-12,14,18H,4-10H2,1-3H3/t11-,12?,14+,15?/m0/s1.